The van der Waals surface area contributed by atoms with Gasteiger partial charge in [0.2, 0.25) is 4.93 Å². The molecule has 14 nitrogen and oxygen atoms in total. The molecule has 4 saturated carbocycles. The predicted octanol–water partition coefficient (Wildman–Crippen LogP) is 3.90. The number of esters is 4. The third kappa shape index (κ3) is 7.50. The summed E-state index contributed by atoms with van der Waals surface area (Å²) in [5, 5.41) is 0. The van der Waals surface area contributed by atoms with Crippen molar-refractivity contribution in [2.75, 3.05) is 13.7 Å². The zero-order chi connectivity index (χ0) is 34.5. The van der Waals surface area contributed by atoms with E-state index in [1.165, 1.54) is 18.9 Å². The van der Waals surface area contributed by atoms with Crippen LogP contribution in [0, 0.1) is 17.8 Å². The normalized spacial score (nSPS) is 35.2. The van der Waals surface area contributed by atoms with E-state index in [-0.39, 0.29) is 11.2 Å². The summed E-state index contributed by atoms with van der Waals surface area (Å²) in [4.78, 5) is 76.6. The molecule has 15 heteroatoms. The second kappa shape index (κ2) is 13.1. The highest BCUT2D eigenvalue weighted by molar-refractivity contribution is 8.02. The van der Waals surface area contributed by atoms with Crippen LogP contribution in [0.25, 0.3) is 0 Å². The number of nitrogens with zero attached hydrogens (tertiary/aromatic N) is 1. The van der Waals surface area contributed by atoms with Crippen molar-refractivity contribution in [2.45, 2.75) is 132 Å². The number of amides is 2. The summed E-state index contributed by atoms with van der Waals surface area (Å²) >= 11 is 1.36. The van der Waals surface area contributed by atoms with Gasteiger partial charge in [0.25, 0.3) is 0 Å². The molecule has 0 aromatic carbocycles. The van der Waals surface area contributed by atoms with Crippen LogP contribution >= 0.6 is 11.8 Å². The van der Waals surface area contributed by atoms with Gasteiger partial charge in [-0.3, -0.25) is 14.4 Å². The van der Waals surface area contributed by atoms with E-state index in [9.17, 15) is 28.8 Å². The summed E-state index contributed by atoms with van der Waals surface area (Å²) < 4.78 is 39.5. The van der Waals surface area contributed by atoms with E-state index in [4.69, 9.17) is 33.2 Å². The van der Waals surface area contributed by atoms with E-state index in [1.54, 1.807) is 20.8 Å². The molecule has 2 aliphatic heterocycles. The summed E-state index contributed by atoms with van der Waals surface area (Å²) in [5.74, 6) is -1.50. The number of ether oxygens (including phenoxy) is 7. The Labute approximate surface area is 278 Å². The number of carbonyl (C=O) groups is 6. The lowest BCUT2D eigenvalue weighted by Crippen LogP contribution is -2.67. The molecular weight excluding hydrogens is 638 g/mol. The van der Waals surface area contributed by atoms with Crippen molar-refractivity contribution in [3.63, 3.8) is 0 Å². The number of fused-ring (bicyclic) bond motifs is 1. The van der Waals surface area contributed by atoms with Gasteiger partial charge in [-0.2, -0.15) is 0 Å². The number of methoxy groups -OCH3 is 1. The first-order valence-electron chi connectivity index (χ1n) is 16.1. The molecule has 47 heavy (non-hydrogen) atoms. The molecule has 6 fully saturated rings. The maximum Gasteiger partial charge on any atom is 0.420 e. The molecule has 0 radical (unpaired) electrons. The van der Waals surface area contributed by atoms with E-state index < -0.39 is 83.7 Å². The van der Waals surface area contributed by atoms with Crippen LogP contribution in [0.15, 0.2) is 0 Å². The lowest BCUT2D eigenvalue weighted by Gasteiger charge is -2.59. The van der Waals surface area contributed by atoms with Crippen molar-refractivity contribution in [1.29, 1.82) is 0 Å². The van der Waals surface area contributed by atoms with Crippen LogP contribution in [0.3, 0.4) is 0 Å². The van der Waals surface area contributed by atoms with E-state index in [1.807, 2.05) is 0 Å². The molecule has 6 aliphatic rings. The topological polar surface area (TPSA) is 170 Å². The van der Waals surface area contributed by atoms with Crippen LogP contribution in [0.1, 0.15) is 86.5 Å². The van der Waals surface area contributed by atoms with E-state index in [0.717, 1.165) is 64.2 Å². The highest BCUT2D eigenvalue weighted by atomic mass is 32.2. The quantitative estimate of drug-likeness (QED) is 0.253. The minimum atomic E-state index is -1.77. The van der Waals surface area contributed by atoms with Crippen LogP contribution in [0.4, 0.5) is 9.59 Å². The molecule has 0 spiro atoms. The van der Waals surface area contributed by atoms with E-state index in [2.05, 4.69) is 0 Å². The van der Waals surface area contributed by atoms with Gasteiger partial charge in [-0.25, -0.2) is 19.3 Å². The maximum absolute atomic E-state index is 14.0. The molecule has 2 heterocycles. The Morgan fingerprint density at radius 2 is 1.49 bits per heavy atom. The molecule has 6 rings (SSSR count). The Morgan fingerprint density at radius 3 is 1.98 bits per heavy atom. The molecule has 4 aliphatic carbocycles. The van der Waals surface area contributed by atoms with Gasteiger partial charge in [0.1, 0.15) is 30.5 Å². The van der Waals surface area contributed by atoms with Crippen molar-refractivity contribution < 1.29 is 61.9 Å². The van der Waals surface area contributed by atoms with Crippen molar-refractivity contribution in [3.8, 4) is 0 Å². The highest BCUT2D eigenvalue weighted by Gasteiger charge is 2.67. The van der Waals surface area contributed by atoms with Gasteiger partial charge in [0, 0.05) is 31.9 Å². The van der Waals surface area contributed by atoms with Gasteiger partial charge in [0.15, 0.2) is 12.2 Å². The van der Waals surface area contributed by atoms with E-state index in [0.29, 0.717) is 17.8 Å². The summed E-state index contributed by atoms with van der Waals surface area (Å²) in [5.41, 5.74) is -1.00. The Kier molecular flexibility index (Phi) is 9.82. The van der Waals surface area contributed by atoms with Gasteiger partial charge in [-0.15, -0.1) is 11.8 Å². The van der Waals surface area contributed by atoms with E-state index >= 15 is 0 Å². The van der Waals surface area contributed by atoms with Gasteiger partial charge >= 0.3 is 36.1 Å². The summed E-state index contributed by atoms with van der Waals surface area (Å²) in [6.45, 7) is 7.70. The molecule has 2 saturated heterocycles. The fourth-order valence-corrected chi connectivity index (χ4v) is 10.7. The Bertz CT molecular complexity index is 1260. The fraction of sp³-hybridized carbons (Fsp3) is 0.812. The van der Waals surface area contributed by atoms with Crippen LogP contribution in [0.2, 0.25) is 0 Å². The SMILES string of the molecule is COC(=O)[C@]1(SC23CC4CC(CC(C4)C2)C3)C[C@@H]2OC(=O)N(C(=O)OC(C)(C)C)[C@H]2[C@H]([C@H](OC(C)=O)[C@@H](COC(C)=O)OC(C)=O)O1. The van der Waals surface area contributed by atoms with Crippen molar-refractivity contribution in [3.05, 3.63) is 0 Å². The first-order valence-corrected chi connectivity index (χ1v) is 16.9. The van der Waals surface area contributed by atoms with Crippen LogP contribution in [0.5, 0.6) is 0 Å². The average molecular weight is 684 g/mol. The predicted molar refractivity (Wildman–Crippen MR) is 163 cm³/mol. The molecule has 2 amide bonds. The molecular formula is C32H45NO13S. The number of rotatable bonds is 9. The summed E-state index contributed by atoms with van der Waals surface area (Å²) in [6.07, 6.45) is -1.88. The molecule has 0 N–H and O–H groups in total. The first kappa shape index (κ1) is 35.2. The fourth-order valence-electron chi connectivity index (χ4n) is 8.49. The molecule has 0 unspecified atom stereocenters. The molecule has 6 atom stereocenters. The van der Waals surface area contributed by atoms with Crippen LogP contribution in [-0.4, -0.2) is 100 Å². The molecule has 0 aromatic heterocycles. The summed E-state index contributed by atoms with van der Waals surface area (Å²) in [6, 6.07) is -1.30. The average Bonchev–Trinajstić information content (AvgIpc) is 3.26. The third-order valence-corrected chi connectivity index (χ3v) is 11.2. The molecule has 0 aromatic rings. The second-order valence-corrected chi connectivity index (χ2v) is 16.3. The second-order valence-electron chi connectivity index (χ2n) is 14.5. The molecule has 4 bridgehead atoms. The lowest BCUT2D eigenvalue weighted by atomic mass is 9.56. The largest absolute Gasteiger partial charge is 0.466 e. The van der Waals surface area contributed by atoms with Crippen LogP contribution in [-0.2, 0) is 52.3 Å². The van der Waals surface area contributed by atoms with Gasteiger partial charge < -0.3 is 33.2 Å². The zero-order valence-electron chi connectivity index (χ0n) is 27.9. The minimum absolute atomic E-state index is 0.173. The van der Waals surface area contributed by atoms with Crippen molar-refractivity contribution >= 4 is 47.8 Å². The standard InChI is InChI=1S/C32H45NO13S/c1-16(34)41-15-23(42-17(2)35)25(43-18(3)36)26-24-22(44-28(38)33(24)29(39)46-30(4,5)6)14-32(45-26,27(37)40-7)47-31-11-19-8-20(12-31)10-21(9-19)13-31/h19-26H,8-15H2,1-7H3/t19?,20?,21?,22-,23+,24+,25+,26+,31?,32+/m0/s1. The number of imide groups is 1. The lowest BCUT2D eigenvalue weighted by molar-refractivity contribution is -0.218. The first-order chi connectivity index (χ1) is 21.9. The minimum Gasteiger partial charge on any atom is -0.466 e. The van der Waals surface area contributed by atoms with Crippen molar-refractivity contribution in [2.24, 2.45) is 17.8 Å². The Morgan fingerprint density at radius 1 is 0.915 bits per heavy atom. The number of thioether (sulfide) groups is 1. The Balaban J connectivity index is 1.61. The van der Waals surface area contributed by atoms with Gasteiger partial charge in [-0.05, 0) is 77.0 Å². The monoisotopic (exact) mass is 683 g/mol. The number of carbonyl (C=O) groups excluding carboxylic acids is 6. The van der Waals surface area contributed by atoms with Gasteiger partial charge in [0.05, 0.1) is 7.11 Å². The highest BCUT2D eigenvalue weighted by Crippen LogP contribution is 2.64. The zero-order valence-corrected chi connectivity index (χ0v) is 28.8. The third-order valence-electron chi connectivity index (χ3n) is 9.47. The van der Waals surface area contributed by atoms with Crippen molar-refractivity contribution in [1.82, 2.24) is 4.90 Å². The number of hydrogen-bond acceptors (Lipinski definition) is 14. The number of hydrogen-bond donors (Lipinski definition) is 0. The smallest absolute Gasteiger partial charge is 0.420 e. The van der Waals surface area contributed by atoms with Gasteiger partial charge in [-0.1, -0.05) is 0 Å². The Hall–Kier alpha value is -3.07. The van der Waals surface area contributed by atoms with Crippen LogP contribution < -0.4 is 0 Å². The molecule has 262 valence electrons. The maximum atomic E-state index is 14.0. The summed E-state index contributed by atoms with van der Waals surface area (Å²) in [7, 11) is 1.23.